The van der Waals surface area contributed by atoms with Crippen molar-refractivity contribution in [2.24, 2.45) is 0 Å². The minimum Gasteiger partial charge on any atom is -0.432 e. The van der Waals surface area contributed by atoms with Gasteiger partial charge < -0.3 is 10.1 Å². The standard InChI is InChI=1S/C10H9NO2S/c1-6(12)7-2-3-9-8(4-7)5-11-10(14)13-9/h2-4H,5H2,1H3,(H,11,14). The lowest BCUT2D eigenvalue weighted by atomic mass is 10.1. The van der Waals surface area contributed by atoms with E-state index in [1.165, 1.54) is 0 Å². The van der Waals surface area contributed by atoms with Gasteiger partial charge in [-0.15, -0.1) is 0 Å². The van der Waals surface area contributed by atoms with Crippen LogP contribution in [-0.2, 0) is 6.54 Å². The van der Waals surface area contributed by atoms with Gasteiger partial charge in [-0.1, -0.05) is 0 Å². The van der Waals surface area contributed by atoms with Crippen LogP contribution in [0.25, 0.3) is 0 Å². The summed E-state index contributed by atoms with van der Waals surface area (Å²) in [6.07, 6.45) is 0. The Labute approximate surface area is 87.1 Å². The third kappa shape index (κ3) is 1.61. The minimum absolute atomic E-state index is 0.0564. The van der Waals surface area contributed by atoms with Gasteiger partial charge in [0.15, 0.2) is 5.78 Å². The molecule has 72 valence electrons. The van der Waals surface area contributed by atoms with Crippen LogP contribution in [0, 0.1) is 0 Å². The van der Waals surface area contributed by atoms with E-state index in [4.69, 9.17) is 17.0 Å². The number of carbonyl (C=O) groups is 1. The van der Waals surface area contributed by atoms with Crippen LogP contribution < -0.4 is 10.1 Å². The Morgan fingerprint density at radius 3 is 3.07 bits per heavy atom. The predicted octanol–water partition coefficient (Wildman–Crippen LogP) is 1.66. The second kappa shape index (κ2) is 3.38. The minimum atomic E-state index is 0.0564. The zero-order valence-corrected chi connectivity index (χ0v) is 8.48. The normalized spacial score (nSPS) is 13.9. The first kappa shape index (κ1) is 9.15. The van der Waals surface area contributed by atoms with Crippen LogP contribution >= 0.6 is 12.2 Å². The summed E-state index contributed by atoms with van der Waals surface area (Å²) in [5, 5.41) is 3.28. The summed E-state index contributed by atoms with van der Waals surface area (Å²) in [6, 6.07) is 5.35. The third-order valence-corrected chi connectivity index (χ3v) is 2.32. The van der Waals surface area contributed by atoms with Gasteiger partial charge in [0, 0.05) is 17.7 Å². The Morgan fingerprint density at radius 1 is 1.57 bits per heavy atom. The van der Waals surface area contributed by atoms with Gasteiger partial charge in [-0.2, -0.15) is 0 Å². The molecule has 3 nitrogen and oxygen atoms in total. The van der Waals surface area contributed by atoms with Gasteiger partial charge in [0.2, 0.25) is 0 Å². The molecule has 2 rings (SSSR count). The maximum Gasteiger partial charge on any atom is 0.262 e. The molecule has 1 heterocycles. The highest BCUT2D eigenvalue weighted by Gasteiger charge is 2.14. The molecule has 0 bridgehead atoms. The number of benzene rings is 1. The van der Waals surface area contributed by atoms with E-state index in [0.717, 1.165) is 11.3 Å². The predicted molar refractivity (Wildman–Crippen MR) is 56.5 cm³/mol. The number of Topliss-reactive ketones (excluding diaryl/α,β-unsaturated/α-hetero) is 1. The van der Waals surface area contributed by atoms with Gasteiger partial charge in [0.05, 0.1) is 0 Å². The smallest absolute Gasteiger partial charge is 0.262 e. The molecule has 1 aliphatic rings. The van der Waals surface area contributed by atoms with E-state index in [0.29, 0.717) is 17.3 Å². The van der Waals surface area contributed by atoms with E-state index in [1.807, 2.05) is 6.07 Å². The van der Waals surface area contributed by atoms with Gasteiger partial charge in [0.1, 0.15) is 5.75 Å². The molecule has 1 N–H and O–H groups in total. The summed E-state index contributed by atoms with van der Waals surface area (Å²) in [7, 11) is 0. The maximum absolute atomic E-state index is 11.1. The number of thiocarbonyl (C=S) groups is 1. The van der Waals surface area contributed by atoms with Crippen molar-refractivity contribution in [1.82, 2.24) is 5.32 Å². The Kier molecular flexibility index (Phi) is 2.21. The van der Waals surface area contributed by atoms with Crippen LogP contribution in [0.1, 0.15) is 22.8 Å². The highest BCUT2D eigenvalue weighted by atomic mass is 32.1. The number of rotatable bonds is 1. The lowest BCUT2D eigenvalue weighted by Crippen LogP contribution is -2.31. The van der Waals surface area contributed by atoms with Crippen LogP contribution in [0.15, 0.2) is 18.2 Å². The molecule has 1 aromatic rings. The Bertz CT molecular complexity index is 415. The molecule has 0 atom stereocenters. The summed E-state index contributed by atoms with van der Waals surface area (Å²) in [5.74, 6) is 0.791. The molecule has 0 spiro atoms. The first-order chi connectivity index (χ1) is 6.66. The Morgan fingerprint density at radius 2 is 2.36 bits per heavy atom. The number of hydrogen-bond acceptors (Lipinski definition) is 3. The second-order valence-electron chi connectivity index (χ2n) is 3.12. The van der Waals surface area contributed by atoms with E-state index < -0.39 is 0 Å². The molecule has 0 fully saturated rings. The molecule has 1 aliphatic heterocycles. The number of nitrogens with one attached hydrogen (secondary N) is 1. The quantitative estimate of drug-likeness (QED) is 0.561. The number of ketones is 1. The molecule has 0 aromatic heterocycles. The molecule has 0 unspecified atom stereocenters. The van der Waals surface area contributed by atoms with Crippen molar-refractivity contribution in [1.29, 1.82) is 0 Å². The number of carbonyl (C=O) groups excluding carboxylic acids is 1. The fourth-order valence-electron chi connectivity index (χ4n) is 1.34. The van der Waals surface area contributed by atoms with Crippen molar-refractivity contribution >= 4 is 23.2 Å². The molecule has 14 heavy (non-hydrogen) atoms. The maximum atomic E-state index is 11.1. The van der Waals surface area contributed by atoms with Gasteiger partial charge in [-0.25, -0.2) is 0 Å². The summed E-state index contributed by atoms with van der Waals surface area (Å²) in [5.41, 5.74) is 1.66. The topological polar surface area (TPSA) is 38.3 Å². The van der Waals surface area contributed by atoms with E-state index >= 15 is 0 Å². The van der Waals surface area contributed by atoms with E-state index in [-0.39, 0.29) is 5.78 Å². The first-order valence-corrected chi connectivity index (χ1v) is 4.67. The van der Waals surface area contributed by atoms with E-state index in [1.54, 1.807) is 19.1 Å². The number of hydrogen-bond donors (Lipinski definition) is 1. The number of fused-ring (bicyclic) bond motifs is 1. The lowest BCUT2D eigenvalue weighted by molar-refractivity contribution is 0.101. The van der Waals surface area contributed by atoms with Gasteiger partial charge in [-0.3, -0.25) is 4.79 Å². The van der Waals surface area contributed by atoms with Crippen LogP contribution in [-0.4, -0.2) is 11.0 Å². The number of ether oxygens (including phenoxy) is 1. The zero-order chi connectivity index (χ0) is 10.1. The second-order valence-corrected chi connectivity index (χ2v) is 3.49. The lowest BCUT2D eigenvalue weighted by Gasteiger charge is -2.19. The SMILES string of the molecule is CC(=O)c1ccc2c(c1)CNC(=S)O2. The Balaban J connectivity index is 2.41. The molecule has 0 saturated heterocycles. The van der Waals surface area contributed by atoms with Crippen molar-refractivity contribution in [3.63, 3.8) is 0 Å². The van der Waals surface area contributed by atoms with Crippen LogP contribution in [0.3, 0.4) is 0 Å². The van der Waals surface area contributed by atoms with Gasteiger partial charge in [-0.05, 0) is 37.3 Å². The van der Waals surface area contributed by atoms with Crippen molar-refractivity contribution in [3.05, 3.63) is 29.3 Å². The highest BCUT2D eigenvalue weighted by molar-refractivity contribution is 7.80. The average molecular weight is 207 g/mol. The molecular weight excluding hydrogens is 198 g/mol. The van der Waals surface area contributed by atoms with Crippen LogP contribution in [0.4, 0.5) is 0 Å². The van der Waals surface area contributed by atoms with Crippen molar-refractivity contribution in [2.75, 3.05) is 0 Å². The average Bonchev–Trinajstić information content (AvgIpc) is 2.16. The first-order valence-electron chi connectivity index (χ1n) is 4.26. The summed E-state index contributed by atoms with van der Waals surface area (Å²) in [4.78, 5) is 11.1. The zero-order valence-electron chi connectivity index (χ0n) is 7.66. The molecule has 1 aromatic carbocycles. The van der Waals surface area contributed by atoms with Crippen molar-refractivity contribution in [3.8, 4) is 5.75 Å². The fourth-order valence-corrected chi connectivity index (χ4v) is 1.50. The third-order valence-electron chi connectivity index (χ3n) is 2.09. The summed E-state index contributed by atoms with van der Waals surface area (Å²) in [6.45, 7) is 2.17. The molecular formula is C10H9NO2S. The van der Waals surface area contributed by atoms with Gasteiger partial charge in [0.25, 0.3) is 5.17 Å². The largest absolute Gasteiger partial charge is 0.432 e. The molecule has 4 heteroatoms. The van der Waals surface area contributed by atoms with Crippen molar-refractivity contribution in [2.45, 2.75) is 13.5 Å². The molecule has 0 amide bonds. The molecule has 0 saturated carbocycles. The molecule has 0 aliphatic carbocycles. The van der Waals surface area contributed by atoms with Gasteiger partial charge >= 0.3 is 0 Å². The van der Waals surface area contributed by atoms with Crippen LogP contribution in [0.2, 0.25) is 0 Å². The summed E-state index contributed by atoms with van der Waals surface area (Å²) >= 11 is 4.87. The molecule has 0 radical (unpaired) electrons. The highest BCUT2D eigenvalue weighted by Crippen LogP contribution is 2.23. The Hall–Kier alpha value is -1.42. The monoisotopic (exact) mass is 207 g/mol. The fraction of sp³-hybridized carbons (Fsp3) is 0.200. The van der Waals surface area contributed by atoms with E-state index in [2.05, 4.69) is 5.32 Å². The summed E-state index contributed by atoms with van der Waals surface area (Å²) < 4.78 is 5.28. The van der Waals surface area contributed by atoms with Crippen LogP contribution in [0.5, 0.6) is 5.75 Å². The van der Waals surface area contributed by atoms with E-state index in [9.17, 15) is 4.79 Å². The van der Waals surface area contributed by atoms with Crippen molar-refractivity contribution < 1.29 is 9.53 Å².